The summed E-state index contributed by atoms with van der Waals surface area (Å²) in [5, 5.41) is 13.3. The van der Waals surface area contributed by atoms with Crippen molar-refractivity contribution in [1.29, 1.82) is 0 Å². The molecule has 1 atom stereocenters. The van der Waals surface area contributed by atoms with Crippen molar-refractivity contribution in [3.05, 3.63) is 11.1 Å². The molecule has 0 aromatic rings. The lowest BCUT2D eigenvalue weighted by Gasteiger charge is -2.03. The molecule has 0 aliphatic carbocycles. The highest BCUT2D eigenvalue weighted by Crippen LogP contribution is 2.28. The summed E-state index contributed by atoms with van der Waals surface area (Å²) in [6.07, 6.45) is 0.633. The summed E-state index contributed by atoms with van der Waals surface area (Å²) >= 11 is 1.37. The zero-order chi connectivity index (χ0) is 8.27. The zero-order valence-corrected chi connectivity index (χ0v) is 7.15. The molecule has 0 bridgehead atoms. The molecule has 0 saturated carbocycles. The van der Waals surface area contributed by atoms with E-state index in [0.717, 1.165) is 12.2 Å². The minimum Gasteiger partial charge on any atom is -0.480 e. The van der Waals surface area contributed by atoms with E-state index in [9.17, 15) is 4.79 Å². The number of carbonyl (C=O) groups is 1. The third kappa shape index (κ3) is 2.15. The number of nitrogens with one attached hydrogen (secondary N) is 1. The largest absolute Gasteiger partial charge is 0.480 e. The molecule has 62 valence electrons. The van der Waals surface area contributed by atoms with Crippen LogP contribution in [0.5, 0.6) is 0 Å². The summed E-state index contributed by atoms with van der Waals surface area (Å²) in [7, 11) is 0. The molecular formula is C7H11NO2S. The third-order valence-electron chi connectivity index (χ3n) is 1.46. The second-order valence-electron chi connectivity index (χ2n) is 2.34. The summed E-state index contributed by atoms with van der Waals surface area (Å²) in [6.45, 7) is 2.86. The molecule has 0 fully saturated rings. The zero-order valence-electron chi connectivity index (χ0n) is 6.33. The normalized spacial score (nSPS) is 23.0. The molecule has 1 aliphatic rings. The molecule has 11 heavy (non-hydrogen) atoms. The first kappa shape index (κ1) is 8.46. The Balaban J connectivity index is 2.36. The highest BCUT2D eigenvalue weighted by Gasteiger charge is 2.23. The van der Waals surface area contributed by atoms with Crippen LogP contribution in [-0.2, 0) is 4.79 Å². The number of allylic oxidation sites excluding steroid dienone is 1. The standard InChI is InChI=1S/C7H11NO2S/c1-2-8-5-3-6(7(9)10)11-4-5/h4,6,8H,2-3H2,1H3,(H,9,10)/t6-/m0/s1. The van der Waals surface area contributed by atoms with Gasteiger partial charge in [-0.05, 0) is 12.3 Å². The molecule has 2 N–H and O–H groups in total. The summed E-state index contributed by atoms with van der Waals surface area (Å²) in [5.41, 5.74) is 1.05. The van der Waals surface area contributed by atoms with Gasteiger partial charge >= 0.3 is 5.97 Å². The number of thioether (sulfide) groups is 1. The van der Waals surface area contributed by atoms with E-state index >= 15 is 0 Å². The van der Waals surface area contributed by atoms with Crippen molar-refractivity contribution >= 4 is 17.7 Å². The Morgan fingerprint density at radius 2 is 2.73 bits per heavy atom. The predicted octanol–water partition coefficient (Wildman–Crippen LogP) is 1.03. The molecular weight excluding hydrogens is 162 g/mol. The molecule has 0 saturated heterocycles. The quantitative estimate of drug-likeness (QED) is 0.669. The predicted molar refractivity (Wildman–Crippen MR) is 45.4 cm³/mol. The van der Waals surface area contributed by atoms with E-state index < -0.39 is 5.97 Å². The highest BCUT2D eigenvalue weighted by molar-refractivity contribution is 8.03. The smallest absolute Gasteiger partial charge is 0.317 e. The number of hydrogen-bond acceptors (Lipinski definition) is 3. The molecule has 0 spiro atoms. The van der Waals surface area contributed by atoms with Crippen LogP contribution in [0.2, 0.25) is 0 Å². The molecule has 1 aliphatic heterocycles. The van der Waals surface area contributed by atoms with Gasteiger partial charge < -0.3 is 10.4 Å². The number of carboxylic acid groups (broad SMARTS) is 1. The monoisotopic (exact) mass is 173 g/mol. The number of hydrogen-bond donors (Lipinski definition) is 2. The van der Waals surface area contributed by atoms with Gasteiger partial charge in [0.1, 0.15) is 5.25 Å². The second kappa shape index (κ2) is 3.67. The van der Waals surface area contributed by atoms with Gasteiger partial charge in [0, 0.05) is 18.7 Å². The summed E-state index contributed by atoms with van der Waals surface area (Å²) < 4.78 is 0. The van der Waals surface area contributed by atoms with Gasteiger partial charge in [-0.25, -0.2) is 0 Å². The van der Waals surface area contributed by atoms with Crippen LogP contribution in [0.4, 0.5) is 0 Å². The summed E-state index contributed by atoms with van der Waals surface area (Å²) in [5.74, 6) is -0.723. The SMILES string of the molecule is CCNC1=CS[C@H](C(=O)O)C1. The maximum atomic E-state index is 10.5. The van der Waals surface area contributed by atoms with Crippen LogP contribution in [0.15, 0.2) is 11.1 Å². The second-order valence-corrected chi connectivity index (χ2v) is 3.42. The van der Waals surface area contributed by atoms with Crippen LogP contribution in [0.1, 0.15) is 13.3 Å². The molecule has 4 heteroatoms. The Labute approximate surface area is 69.9 Å². The van der Waals surface area contributed by atoms with Crippen molar-refractivity contribution in [2.45, 2.75) is 18.6 Å². The summed E-state index contributed by atoms with van der Waals surface area (Å²) in [4.78, 5) is 10.5. The molecule has 1 heterocycles. The van der Waals surface area contributed by atoms with Gasteiger partial charge in [-0.1, -0.05) is 0 Å². The van der Waals surface area contributed by atoms with Crippen LogP contribution in [0.3, 0.4) is 0 Å². The van der Waals surface area contributed by atoms with E-state index in [1.54, 1.807) is 0 Å². The lowest BCUT2D eigenvalue weighted by atomic mass is 10.2. The van der Waals surface area contributed by atoms with Gasteiger partial charge in [-0.3, -0.25) is 4.79 Å². The first-order chi connectivity index (χ1) is 5.24. The van der Waals surface area contributed by atoms with Crippen LogP contribution in [0.25, 0.3) is 0 Å². The third-order valence-corrected chi connectivity index (χ3v) is 2.58. The molecule has 0 aromatic heterocycles. The van der Waals surface area contributed by atoms with E-state index in [0.29, 0.717) is 6.42 Å². The van der Waals surface area contributed by atoms with Crippen molar-refractivity contribution in [3.8, 4) is 0 Å². The van der Waals surface area contributed by atoms with Gasteiger partial charge in [0.25, 0.3) is 0 Å². The van der Waals surface area contributed by atoms with Crippen molar-refractivity contribution < 1.29 is 9.90 Å². The Kier molecular flexibility index (Phi) is 2.82. The highest BCUT2D eigenvalue weighted by atomic mass is 32.2. The van der Waals surface area contributed by atoms with E-state index in [1.165, 1.54) is 11.8 Å². The van der Waals surface area contributed by atoms with Gasteiger partial charge in [-0.15, -0.1) is 11.8 Å². The number of aliphatic carboxylic acids is 1. The first-order valence-electron chi connectivity index (χ1n) is 3.55. The van der Waals surface area contributed by atoms with Crippen molar-refractivity contribution in [3.63, 3.8) is 0 Å². The fourth-order valence-corrected chi connectivity index (χ4v) is 1.85. The van der Waals surface area contributed by atoms with Crippen LogP contribution in [0, 0.1) is 0 Å². The Bertz CT molecular complexity index is 191. The van der Waals surface area contributed by atoms with Gasteiger partial charge in [0.15, 0.2) is 0 Å². The molecule has 0 aromatic carbocycles. The van der Waals surface area contributed by atoms with E-state index in [-0.39, 0.29) is 5.25 Å². The maximum absolute atomic E-state index is 10.5. The first-order valence-corrected chi connectivity index (χ1v) is 4.49. The molecule has 3 nitrogen and oxygen atoms in total. The van der Waals surface area contributed by atoms with E-state index in [1.807, 2.05) is 12.3 Å². The fourth-order valence-electron chi connectivity index (χ4n) is 0.947. The van der Waals surface area contributed by atoms with Crippen molar-refractivity contribution in [1.82, 2.24) is 5.32 Å². The lowest BCUT2D eigenvalue weighted by molar-refractivity contribution is -0.136. The number of carboxylic acids is 1. The lowest BCUT2D eigenvalue weighted by Crippen LogP contribution is -2.17. The van der Waals surface area contributed by atoms with E-state index in [2.05, 4.69) is 5.32 Å². The topological polar surface area (TPSA) is 49.3 Å². The molecule has 0 amide bonds. The Hall–Kier alpha value is -0.640. The van der Waals surface area contributed by atoms with Crippen molar-refractivity contribution in [2.75, 3.05) is 6.54 Å². The van der Waals surface area contributed by atoms with Gasteiger partial charge in [-0.2, -0.15) is 0 Å². The Morgan fingerprint density at radius 3 is 3.18 bits per heavy atom. The van der Waals surface area contributed by atoms with Crippen LogP contribution < -0.4 is 5.32 Å². The average Bonchev–Trinajstić information content (AvgIpc) is 2.37. The molecule has 0 unspecified atom stereocenters. The molecule has 1 rings (SSSR count). The fraction of sp³-hybridized carbons (Fsp3) is 0.571. The Morgan fingerprint density at radius 1 is 2.00 bits per heavy atom. The minimum atomic E-state index is -0.723. The number of rotatable bonds is 3. The van der Waals surface area contributed by atoms with Gasteiger partial charge in [0.2, 0.25) is 0 Å². The van der Waals surface area contributed by atoms with E-state index in [4.69, 9.17) is 5.11 Å². The molecule has 0 radical (unpaired) electrons. The van der Waals surface area contributed by atoms with Crippen molar-refractivity contribution in [2.24, 2.45) is 0 Å². The van der Waals surface area contributed by atoms with Gasteiger partial charge in [0.05, 0.1) is 0 Å². The minimum absolute atomic E-state index is 0.274. The summed E-state index contributed by atoms with van der Waals surface area (Å²) in [6, 6.07) is 0. The average molecular weight is 173 g/mol. The maximum Gasteiger partial charge on any atom is 0.317 e. The van der Waals surface area contributed by atoms with Crippen LogP contribution in [-0.4, -0.2) is 22.9 Å². The van der Waals surface area contributed by atoms with Crippen LogP contribution >= 0.6 is 11.8 Å².